The van der Waals surface area contributed by atoms with Gasteiger partial charge in [0.25, 0.3) is 6.69 Å². The van der Waals surface area contributed by atoms with Crippen LogP contribution in [0, 0.1) is 5.41 Å². The lowest BCUT2D eigenvalue weighted by molar-refractivity contribution is 0.374. The van der Waals surface area contributed by atoms with Gasteiger partial charge in [-0.1, -0.05) is 68.9 Å². The summed E-state index contributed by atoms with van der Waals surface area (Å²) in [6, 6.07) is 0. The fourth-order valence-corrected chi connectivity index (χ4v) is 18.9. The van der Waals surface area contributed by atoms with Crippen LogP contribution in [0.1, 0.15) is 59.3 Å². The fraction of sp³-hybridized carbons (Fsp3) is 0.778. The van der Waals surface area contributed by atoms with Crippen molar-refractivity contribution in [2.45, 2.75) is 84.5 Å². The van der Waals surface area contributed by atoms with Gasteiger partial charge in [-0.25, -0.2) is 0 Å². The molecule has 0 amide bonds. The first-order chi connectivity index (χ1) is 9.93. The Morgan fingerprint density at radius 1 is 1.09 bits per heavy atom. The Balaban J connectivity index is 2.40. The lowest BCUT2D eigenvalue weighted by Gasteiger charge is -2.49. The molecule has 0 N–H and O–H groups in total. The fourth-order valence-electron chi connectivity index (χ4n) is 3.98. The average molecular weight is 376 g/mol. The van der Waals surface area contributed by atoms with Crippen molar-refractivity contribution in [2.75, 3.05) is 0 Å². The minimum atomic E-state index is -2.26. The number of halogens is 2. The molecule has 1 saturated carbocycles. The number of hydrogen-bond acceptors (Lipinski definition) is 0. The van der Waals surface area contributed by atoms with Crippen molar-refractivity contribution < 1.29 is 0 Å². The monoisotopic (exact) mass is 374 g/mol. The van der Waals surface area contributed by atoms with Crippen LogP contribution in [0.15, 0.2) is 22.0 Å². The standard InChI is InChI=1S/C18H32Cl2Si2/c1-18(2,3)13-16-15(12-14-10-8-7-9-11-14)17(21(4,5)6)22(16,19)20/h12,16H,7-11,13H2,1-6H3. The summed E-state index contributed by atoms with van der Waals surface area (Å²) in [6.45, 7) is 11.9. The van der Waals surface area contributed by atoms with Gasteiger partial charge in [0, 0.05) is 5.54 Å². The molecular formula is C18H32Cl2Si2. The van der Waals surface area contributed by atoms with Gasteiger partial charge in [-0.05, 0) is 37.5 Å². The first kappa shape index (κ1) is 18.8. The number of rotatable bonds is 3. The van der Waals surface area contributed by atoms with E-state index in [0.717, 1.165) is 6.42 Å². The molecule has 0 aromatic carbocycles. The zero-order valence-corrected chi connectivity index (χ0v) is 18.7. The number of allylic oxidation sites excluding steroid dienone is 3. The van der Waals surface area contributed by atoms with E-state index in [1.807, 2.05) is 0 Å². The minimum Gasteiger partial charge on any atom is -0.140 e. The molecule has 22 heavy (non-hydrogen) atoms. The lowest BCUT2D eigenvalue weighted by atomic mass is 9.86. The van der Waals surface area contributed by atoms with Crippen LogP contribution < -0.4 is 0 Å². The maximum absolute atomic E-state index is 6.99. The first-order valence-electron chi connectivity index (χ1n) is 8.75. The Morgan fingerprint density at radius 3 is 2.09 bits per heavy atom. The second kappa shape index (κ2) is 6.42. The van der Waals surface area contributed by atoms with E-state index >= 15 is 0 Å². The third-order valence-corrected chi connectivity index (χ3v) is 16.1. The van der Waals surface area contributed by atoms with Crippen LogP contribution in [0.4, 0.5) is 0 Å². The van der Waals surface area contributed by atoms with Gasteiger partial charge in [0.15, 0.2) is 0 Å². The molecule has 0 aromatic heterocycles. The predicted octanol–water partition coefficient (Wildman–Crippen LogP) is 7.33. The van der Waals surface area contributed by atoms with Gasteiger partial charge in [0.1, 0.15) is 0 Å². The molecular weight excluding hydrogens is 343 g/mol. The molecule has 1 atom stereocenters. The van der Waals surface area contributed by atoms with E-state index < -0.39 is 14.8 Å². The molecule has 1 fully saturated rings. The molecule has 1 aliphatic heterocycles. The van der Waals surface area contributed by atoms with Crippen molar-refractivity contribution in [1.29, 1.82) is 0 Å². The molecule has 0 radical (unpaired) electrons. The van der Waals surface area contributed by atoms with Crippen LogP contribution in [-0.2, 0) is 0 Å². The molecule has 1 heterocycles. The highest BCUT2D eigenvalue weighted by Gasteiger charge is 2.57. The summed E-state index contributed by atoms with van der Waals surface area (Å²) in [4.78, 5) is 1.52. The Hall–Kier alpha value is 0.494. The largest absolute Gasteiger partial charge is 0.280 e. The molecule has 4 heteroatoms. The Kier molecular flexibility index (Phi) is 5.50. The molecule has 0 saturated heterocycles. The van der Waals surface area contributed by atoms with Crippen molar-refractivity contribution >= 4 is 36.9 Å². The molecule has 0 aromatic rings. The molecule has 126 valence electrons. The smallest absolute Gasteiger partial charge is 0.140 e. The second-order valence-electron chi connectivity index (χ2n) is 9.38. The second-order valence-corrected chi connectivity index (χ2v) is 21.5. The minimum absolute atomic E-state index is 0.286. The highest BCUT2D eigenvalue weighted by molar-refractivity contribution is 7.54. The molecule has 0 bridgehead atoms. The summed E-state index contributed by atoms with van der Waals surface area (Å²) in [6.07, 6.45) is 10.3. The van der Waals surface area contributed by atoms with E-state index in [0.29, 0.717) is 5.54 Å². The van der Waals surface area contributed by atoms with Crippen LogP contribution in [0.5, 0.6) is 0 Å². The summed E-state index contributed by atoms with van der Waals surface area (Å²) >= 11 is 14.0. The zero-order valence-electron chi connectivity index (χ0n) is 15.2. The maximum Gasteiger partial charge on any atom is 0.280 e. The van der Waals surface area contributed by atoms with Crippen LogP contribution in [0.2, 0.25) is 25.2 Å². The molecule has 1 aliphatic carbocycles. The van der Waals surface area contributed by atoms with Crippen molar-refractivity contribution in [3.8, 4) is 0 Å². The van der Waals surface area contributed by atoms with Crippen molar-refractivity contribution in [3.05, 3.63) is 22.0 Å². The maximum atomic E-state index is 6.99. The van der Waals surface area contributed by atoms with Gasteiger partial charge < -0.3 is 0 Å². The number of hydrogen-bond donors (Lipinski definition) is 0. The Morgan fingerprint density at radius 2 is 1.64 bits per heavy atom. The summed E-state index contributed by atoms with van der Waals surface area (Å²) < 4.78 is 0. The normalized spacial score (nSPS) is 26.0. The molecule has 2 aliphatic rings. The third-order valence-electron chi connectivity index (χ3n) is 4.86. The molecule has 1 unspecified atom stereocenters. The SMILES string of the molecule is CC(C)(C)CC1C(C=C2CCCCC2)=C([Si](C)(C)C)[Si]1(Cl)Cl. The van der Waals surface area contributed by atoms with Crippen LogP contribution >= 0.6 is 22.2 Å². The highest BCUT2D eigenvalue weighted by atomic mass is 35.7. The van der Waals surface area contributed by atoms with Crippen LogP contribution in [-0.4, -0.2) is 14.8 Å². The van der Waals surface area contributed by atoms with E-state index in [1.165, 1.54) is 36.9 Å². The van der Waals surface area contributed by atoms with Gasteiger partial charge in [-0.15, -0.1) is 22.2 Å². The topological polar surface area (TPSA) is 0 Å². The van der Waals surface area contributed by atoms with Gasteiger partial charge >= 0.3 is 0 Å². The van der Waals surface area contributed by atoms with E-state index in [9.17, 15) is 0 Å². The Bertz CT molecular complexity index is 482. The van der Waals surface area contributed by atoms with Gasteiger partial charge in [0.2, 0.25) is 0 Å². The molecule has 0 spiro atoms. The Labute approximate surface area is 148 Å². The average Bonchev–Trinajstić information content (AvgIpc) is 2.34. The first-order valence-corrected chi connectivity index (χ1v) is 16.4. The third kappa shape index (κ3) is 4.12. The molecule has 2 rings (SSSR count). The summed E-state index contributed by atoms with van der Waals surface area (Å²) in [5, 5.41) is 0. The van der Waals surface area contributed by atoms with Crippen molar-refractivity contribution in [1.82, 2.24) is 0 Å². The van der Waals surface area contributed by atoms with Crippen LogP contribution in [0.3, 0.4) is 0 Å². The molecule has 0 nitrogen and oxygen atoms in total. The van der Waals surface area contributed by atoms with E-state index in [-0.39, 0.29) is 5.41 Å². The summed E-state index contributed by atoms with van der Waals surface area (Å²) in [7, 11) is -1.44. The van der Waals surface area contributed by atoms with Gasteiger partial charge in [-0.2, -0.15) is 0 Å². The van der Waals surface area contributed by atoms with E-state index in [2.05, 4.69) is 46.5 Å². The van der Waals surface area contributed by atoms with E-state index in [1.54, 1.807) is 11.1 Å². The summed E-state index contributed by atoms with van der Waals surface area (Å²) in [5.74, 6) is 0. The van der Waals surface area contributed by atoms with Gasteiger partial charge in [0.05, 0.1) is 8.07 Å². The zero-order chi connectivity index (χ0) is 16.8. The van der Waals surface area contributed by atoms with E-state index in [4.69, 9.17) is 22.2 Å². The lowest BCUT2D eigenvalue weighted by Crippen LogP contribution is -2.52. The van der Waals surface area contributed by atoms with Gasteiger partial charge in [-0.3, -0.25) is 0 Å². The quantitative estimate of drug-likeness (QED) is 0.358. The summed E-state index contributed by atoms with van der Waals surface area (Å²) in [5.41, 5.74) is 3.93. The van der Waals surface area contributed by atoms with Crippen LogP contribution in [0.25, 0.3) is 0 Å². The highest BCUT2D eigenvalue weighted by Crippen LogP contribution is 2.59. The van der Waals surface area contributed by atoms with Crippen molar-refractivity contribution in [2.24, 2.45) is 5.41 Å². The predicted molar refractivity (Wildman–Crippen MR) is 107 cm³/mol. The van der Waals surface area contributed by atoms with Crippen molar-refractivity contribution in [3.63, 3.8) is 0 Å².